The zero-order valence-corrected chi connectivity index (χ0v) is 13.3. The number of aromatic nitrogens is 1. The number of nitrogens with zero attached hydrogens (tertiary/aromatic N) is 2. The highest BCUT2D eigenvalue weighted by Crippen LogP contribution is 2.36. The highest BCUT2D eigenvalue weighted by Gasteiger charge is 2.16. The highest BCUT2D eigenvalue weighted by atomic mass is 32.2. The van der Waals surface area contributed by atoms with Crippen molar-refractivity contribution in [2.45, 2.75) is 11.4 Å². The molecule has 1 aromatic heterocycles. The van der Waals surface area contributed by atoms with Crippen LogP contribution in [0.2, 0.25) is 0 Å². The molecule has 2 aromatic rings. The molecular weight excluding hydrogens is 308 g/mol. The van der Waals surface area contributed by atoms with E-state index in [0.717, 1.165) is 34.9 Å². The van der Waals surface area contributed by atoms with Gasteiger partial charge in [-0.25, -0.2) is 13.4 Å². The molecular formula is C18H14N2O2S. The summed E-state index contributed by atoms with van der Waals surface area (Å²) in [5.74, 6) is 0. The molecule has 0 bridgehead atoms. The lowest BCUT2D eigenvalue weighted by Gasteiger charge is -2.10. The molecule has 0 spiro atoms. The van der Waals surface area contributed by atoms with Gasteiger partial charge in [-0.1, -0.05) is 24.3 Å². The molecule has 23 heavy (non-hydrogen) atoms. The molecule has 0 unspecified atom stereocenters. The summed E-state index contributed by atoms with van der Waals surface area (Å²) >= 11 is 0. The number of benzene rings is 1. The van der Waals surface area contributed by atoms with Crippen LogP contribution in [-0.2, 0) is 9.84 Å². The molecule has 0 atom stereocenters. The normalized spacial score (nSPS) is 14.1. The molecule has 1 aromatic carbocycles. The average Bonchev–Trinajstić information content (AvgIpc) is 3.04. The molecule has 0 saturated heterocycles. The second-order valence-corrected chi connectivity index (χ2v) is 7.28. The van der Waals surface area contributed by atoms with E-state index in [1.807, 2.05) is 12.1 Å². The first-order valence-electron chi connectivity index (χ1n) is 7.07. The Morgan fingerprint density at radius 1 is 1.00 bits per heavy atom. The van der Waals surface area contributed by atoms with Gasteiger partial charge >= 0.3 is 0 Å². The fourth-order valence-corrected chi connectivity index (χ4v) is 3.10. The highest BCUT2D eigenvalue weighted by molar-refractivity contribution is 7.90. The molecule has 0 saturated carbocycles. The van der Waals surface area contributed by atoms with Crippen molar-refractivity contribution in [2.24, 2.45) is 0 Å². The molecule has 3 rings (SSSR count). The maximum Gasteiger partial charge on any atom is 0.192 e. The van der Waals surface area contributed by atoms with E-state index < -0.39 is 9.84 Å². The molecule has 5 heteroatoms. The summed E-state index contributed by atoms with van der Waals surface area (Å²) in [4.78, 5) is 4.05. The van der Waals surface area contributed by atoms with Crippen LogP contribution < -0.4 is 0 Å². The molecule has 0 fully saturated rings. The van der Waals surface area contributed by atoms with Gasteiger partial charge in [0.05, 0.1) is 11.6 Å². The molecule has 1 heterocycles. The summed E-state index contributed by atoms with van der Waals surface area (Å²) in [5.41, 5.74) is 4.63. The number of pyridine rings is 1. The van der Waals surface area contributed by atoms with Crippen molar-refractivity contribution < 1.29 is 8.42 Å². The van der Waals surface area contributed by atoms with Gasteiger partial charge < -0.3 is 0 Å². The minimum atomic E-state index is -3.29. The van der Waals surface area contributed by atoms with E-state index in [1.54, 1.807) is 24.4 Å². The van der Waals surface area contributed by atoms with Gasteiger partial charge in [-0.05, 0) is 47.4 Å². The van der Waals surface area contributed by atoms with Crippen molar-refractivity contribution in [1.82, 2.24) is 4.98 Å². The van der Waals surface area contributed by atoms with Crippen LogP contribution in [0.25, 0.3) is 11.1 Å². The third-order valence-electron chi connectivity index (χ3n) is 3.69. The molecule has 0 amide bonds. The predicted molar refractivity (Wildman–Crippen MR) is 89.1 cm³/mol. The molecule has 1 aliphatic rings. The standard InChI is InChI=1S/C18H14N2O2S/c1-23(21,22)18-10-9-15(12-20-18)17-4-2-3-16(17)14-7-5-13(11-19)6-8-14/h3-10,12H,2H2,1H3. The lowest BCUT2D eigenvalue weighted by Crippen LogP contribution is -2.00. The third kappa shape index (κ3) is 3.08. The number of hydrogen-bond acceptors (Lipinski definition) is 4. The van der Waals surface area contributed by atoms with Crippen LogP contribution in [0, 0.1) is 11.3 Å². The first-order chi connectivity index (χ1) is 11.0. The van der Waals surface area contributed by atoms with E-state index in [0.29, 0.717) is 5.56 Å². The van der Waals surface area contributed by atoms with E-state index in [4.69, 9.17) is 5.26 Å². The van der Waals surface area contributed by atoms with Gasteiger partial charge in [0.1, 0.15) is 0 Å². The number of nitriles is 1. The Balaban J connectivity index is 1.94. The SMILES string of the molecule is CS(=O)(=O)c1ccc(C2=CCC=C2c2ccc(C#N)cc2)cn1. The van der Waals surface area contributed by atoms with Gasteiger partial charge in [-0.3, -0.25) is 0 Å². The Morgan fingerprint density at radius 3 is 2.13 bits per heavy atom. The lowest BCUT2D eigenvalue weighted by molar-refractivity contribution is 0.598. The summed E-state index contributed by atoms with van der Waals surface area (Å²) in [6.07, 6.45) is 7.75. The summed E-state index contributed by atoms with van der Waals surface area (Å²) in [5, 5.41) is 8.96. The van der Waals surface area contributed by atoms with Gasteiger partial charge in [-0.2, -0.15) is 5.26 Å². The molecule has 0 N–H and O–H groups in total. The molecule has 1 aliphatic carbocycles. The van der Waals surface area contributed by atoms with Crippen LogP contribution in [0.15, 0.2) is 59.8 Å². The quantitative estimate of drug-likeness (QED) is 0.870. The van der Waals surface area contributed by atoms with Gasteiger partial charge in [0, 0.05) is 18.0 Å². The van der Waals surface area contributed by atoms with Crippen LogP contribution >= 0.6 is 0 Å². The van der Waals surface area contributed by atoms with Crippen LogP contribution in [0.5, 0.6) is 0 Å². The average molecular weight is 322 g/mol. The summed E-state index contributed by atoms with van der Waals surface area (Å²) in [6.45, 7) is 0. The Hall–Kier alpha value is -2.71. The second-order valence-electron chi connectivity index (χ2n) is 5.32. The molecule has 0 radical (unpaired) electrons. The fourth-order valence-electron chi connectivity index (χ4n) is 2.54. The minimum absolute atomic E-state index is 0.0729. The van der Waals surface area contributed by atoms with Crippen molar-refractivity contribution in [3.8, 4) is 6.07 Å². The number of rotatable bonds is 3. The summed E-state index contributed by atoms with van der Waals surface area (Å²) < 4.78 is 23.0. The number of allylic oxidation sites excluding steroid dienone is 4. The number of hydrogen-bond donors (Lipinski definition) is 0. The Kier molecular flexibility index (Phi) is 3.85. The Bertz CT molecular complexity index is 946. The van der Waals surface area contributed by atoms with Crippen LogP contribution in [0.4, 0.5) is 0 Å². The van der Waals surface area contributed by atoms with E-state index >= 15 is 0 Å². The topological polar surface area (TPSA) is 70.8 Å². The smallest absolute Gasteiger partial charge is 0.192 e. The Morgan fingerprint density at radius 2 is 1.61 bits per heavy atom. The first-order valence-corrected chi connectivity index (χ1v) is 8.96. The van der Waals surface area contributed by atoms with E-state index in [2.05, 4.69) is 23.2 Å². The zero-order valence-electron chi connectivity index (χ0n) is 12.5. The van der Waals surface area contributed by atoms with Crippen LogP contribution in [-0.4, -0.2) is 19.7 Å². The van der Waals surface area contributed by atoms with Crippen LogP contribution in [0.1, 0.15) is 23.1 Å². The maximum absolute atomic E-state index is 11.5. The Labute approximate surface area is 135 Å². The first kappa shape index (κ1) is 15.2. The van der Waals surface area contributed by atoms with Crippen molar-refractivity contribution in [3.05, 3.63) is 71.4 Å². The van der Waals surface area contributed by atoms with Crippen molar-refractivity contribution >= 4 is 21.0 Å². The predicted octanol–water partition coefficient (Wildman–Crippen LogP) is 3.23. The zero-order chi connectivity index (χ0) is 16.4. The molecule has 114 valence electrons. The second kappa shape index (κ2) is 5.82. The van der Waals surface area contributed by atoms with Gasteiger partial charge in [0.2, 0.25) is 0 Å². The van der Waals surface area contributed by atoms with E-state index in [9.17, 15) is 8.42 Å². The monoisotopic (exact) mass is 322 g/mol. The van der Waals surface area contributed by atoms with Gasteiger partial charge in [-0.15, -0.1) is 0 Å². The van der Waals surface area contributed by atoms with Crippen molar-refractivity contribution in [1.29, 1.82) is 5.26 Å². The maximum atomic E-state index is 11.5. The van der Waals surface area contributed by atoms with E-state index in [-0.39, 0.29) is 5.03 Å². The minimum Gasteiger partial charge on any atom is -0.244 e. The number of sulfone groups is 1. The summed E-state index contributed by atoms with van der Waals surface area (Å²) in [6, 6.07) is 12.8. The molecule has 0 aliphatic heterocycles. The van der Waals surface area contributed by atoms with Crippen molar-refractivity contribution in [3.63, 3.8) is 0 Å². The third-order valence-corrected chi connectivity index (χ3v) is 4.69. The van der Waals surface area contributed by atoms with Gasteiger partial charge in [0.15, 0.2) is 14.9 Å². The van der Waals surface area contributed by atoms with Crippen molar-refractivity contribution in [2.75, 3.05) is 6.26 Å². The van der Waals surface area contributed by atoms with Gasteiger partial charge in [0.25, 0.3) is 0 Å². The van der Waals surface area contributed by atoms with Crippen LogP contribution in [0.3, 0.4) is 0 Å². The largest absolute Gasteiger partial charge is 0.244 e. The summed E-state index contributed by atoms with van der Waals surface area (Å²) in [7, 11) is -3.29. The lowest BCUT2D eigenvalue weighted by atomic mass is 9.95. The molecule has 4 nitrogen and oxygen atoms in total. The fraction of sp³-hybridized carbons (Fsp3) is 0.111. The van der Waals surface area contributed by atoms with E-state index in [1.165, 1.54) is 6.07 Å².